The summed E-state index contributed by atoms with van der Waals surface area (Å²) in [6, 6.07) is 23.3. The van der Waals surface area contributed by atoms with Gasteiger partial charge >= 0.3 is 0 Å². The van der Waals surface area contributed by atoms with Crippen molar-refractivity contribution in [3.05, 3.63) is 101 Å². The van der Waals surface area contributed by atoms with Crippen molar-refractivity contribution in [2.45, 2.75) is 65.1 Å². The summed E-state index contributed by atoms with van der Waals surface area (Å²) in [6.45, 7) is 6.12. The number of anilines is 1. The third-order valence-corrected chi connectivity index (χ3v) is 8.47. The summed E-state index contributed by atoms with van der Waals surface area (Å²) >= 11 is 6.25. The van der Waals surface area contributed by atoms with Crippen LogP contribution in [0.4, 0.5) is 5.69 Å². The molecule has 2 atom stereocenters. The summed E-state index contributed by atoms with van der Waals surface area (Å²) in [5, 5.41) is 3.60. The Labute approximate surface area is 249 Å². The third-order valence-electron chi connectivity index (χ3n) is 7.05. The highest BCUT2D eigenvalue weighted by molar-refractivity contribution is 7.92. The van der Waals surface area contributed by atoms with Crippen molar-refractivity contribution in [1.29, 1.82) is 0 Å². The van der Waals surface area contributed by atoms with Crippen molar-refractivity contribution in [1.82, 2.24) is 10.2 Å². The van der Waals surface area contributed by atoms with E-state index in [1.54, 1.807) is 29.2 Å². The first-order valence-corrected chi connectivity index (χ1v) is 16.1. The van der Waals surface area contributed by atoms with E-state index in [1.165, 1.54) is 10.6 Å². The molecule has 0 saturated carbocycles. The summed E-state index contributed by atoms with van der Waals surface area (Å²) in [5.74, 6) is -0.459. The Kier molecular flexibility index (Phi) is 11.8. The molecule has 0 radical (unpaired) electrons. The van der Waals surface area contributed by atoms with Crippen LogP contribution in [0.25, 0.3) is 0 Å². The standard InChI is InChI=1S/C32H40ClN3O4S/c1-5-25(3)34-32(38)30(22-26-14-7-6-8-15-26)35(23-27-16-11-17-28(33)21-27)31(37)19-12-20-36(41(4,39)40)29-18-10-9-13-24(29)2/h6-11,13-18,21,25,30H,5,12,19-20,22-23H2,1-4H3,(H,34,38)/t25-,30+/m0/s1. The molecule has 0 bridgehead atoms. The highest BCUT2D eigenvalue weighted by Crippen LogP contribution is 2.23. The van der Waals surface area contributed by atoms with Crippen LogP contribution in [-0.2, 0) is 32.6 Å². The molecule has 3 aromatic carbocycles. The lowest BCUT2D eigenvalue weighted by atomic mass is 10.0. The third kappa shape index (κ3) is 9.61. The fourth-order valence-corrected chi connectivity index (χ4v) is 5.89. The van der Waals surface area contributed by atoms with Gasteiger partial charge in [-0.25, -0.2) is 8.42 Å². The number of halogens is 1. The number of hydrogen-bond acceptors (Lipinski definition) is 4. The minimum atomic E-state index is -3.57. The average molecular weight is 598 g/mol. The van der Waals surface area contributed by atoms with Crippen LogP contribution in [0.1, 0.15) is 49.8 Å². The zero-order chi connectivity index (χ0) is 30.0. The van der Waals surface area contributed by atoms with Crippen LogP contribution >= 0.6 is 11.6 Å². The molecule has 0 spiro atoms. The lowest BCUT2D eigenvalue weighted by Crippen LogP contribution is -2.52. The van der Waals surface area contributed by atoms with E-state index >= 15 is 0 Å². The van der Waals surface area contributed by atoms with Gasteiger partial charge in [0.1, 0.15) is 6.04 Å². The molecule has 0 heterocycles. The smallest absolute Gasteiger partial charge is 0.243 e. The molecule has 7 nitrogen and oxygen atoms in total. The fourth-order valence-electron chi connectivity index (χ4n) is 4.65. The predicted octanol–water partition coefficient (Wildman–Crippen LogP) is 5.75. The zero-order valence-electron chi connectivity index (χ0n) is 24.2. The summed E-state index contributed by atoms with van der Waals surface area (Å²) in [4.78, 5) is 29.1. The van der Waals surface area contributed by atoms with Gasteiger partial charge < -0.3 is 10.2 Å². The van der Waals surface area contributed by atoms with Crippen LogP contribution < -0.4 is 9.62 Å². The maximum absolute atomic E-state index is 13.9. The first-order valence-electron chi connectivity index (χ1n) is 13.9. The summed E-state index contributed by atoms with van der Waals surface area (Å²) in [5.41, 5.74) is 3.16. The van der Waals surface area contributed by atoms with E-state index in [0.717, 1.165) is 23.1 Å². The van der Waals surface area contributed by atoms with Gasteiger partial charge in [0, 0.05) is 37.0 Å². The molecule has 3 aromatic rings. The van der Waals surface area contributed by atoms with Crippen LogP contribution in [0.15, 0.2) is 78.9 Å². The number of benzene rings is 3. The molecule has 3 rings (SSSR count). The number of carbonyl (C=O) groups is 2. The second kappa shape index (κ2) is 15.0. The van der Waals surface area contributed by atoms with Crippen LogP contribution in [0.3, 0.4) is 0 Å². The summed E-state index contributed by atoms with van der Waals surface area (Å²) in [6.07, 6.45) is 2.62. The Balaban J connectivity index is 1.90. The number of nitrogens with one attached hydrogen (secondary N) is 1. The van der Waals surface area contributed by atoms with Crippen LogP contribution in [0.2, 0.25) is 5.02 Å². The zero-order valence-corrected chi connectivity index (χ0v) is 25.8. The highest BCUT2D eigenvalue weighted by atomic mass is 35.5. The number of amides is 2. The molecule has 0 aliphatic carbocycles. The van der Waals surface area contributed by atoms with Crippen molar-refractivity contribution in [2.24, 2.45) is 0 Å². The van der Waals surface area contributed by atoms with E-state index in [0.29, 0.717) is 17.1 Å². The van der Waals surface area contributed by atoms with Gasteiger partial charge in [0.25, 0.3) is 0 Å². The minimum absolute atomic E-state index is 0.0543. The highest BCUT2D eigenvalue weighted by Gasteiger charge is 2.31. The number of rotatable bonds is 14. The van der Waals surface area contributed by atoms with Gasteiger partial charge in [-0.05, 0) is 61.6 Å². The molecular weight excluding hydrogens is 558 g/mol. The molecule has 41 heavy (non-hydrogen) atoms. The molecule has 220 valence electrons. The Bertz CT molecular complexity index is 1420. The molecule has 9 heteroatoms. The van der Waals surface area contributed by atoms with Crippen molar-refractivity contribution in [2.75, 3.05) is 17.1 Å². The average Bonchev–Trinajstić information content (AvgIpc) is 2.93. The Hall–Kier alpha value is -3.36. The van der Waals surface area contributed by atoms with E-state index in [9.17, 15) is 18.0 Å². The van der Waals surface area contributed by atoms with Gasteiger partial charge in [-0.1, -0.05) is 79.2 Å². The maximum atomic E-state index is 13.9. The SMILES string of the molecule is CC[C@H](C)NC(=O)[C@@H](Cc1ccccc1)N(Cc1cccc(Cl)c1)C(=O)CCCN(c1ccccc1C)S(C)(=O)=O. The Morgan fingerprint density at radius 1 is 0.951 bits per heavy atom. The van der Waals surface area contributed by atoms with Crippen LogP contribution in [0, 0.1) is 6.92 Å². The van der Waals surface area contributed by atoms with E-state index < -0.39 is 16.1 Å². The van der Waals surface area contributed by atoms with Gasteiger partial charge in [0.15, 0.2) is 0 Å². The van der Waals surface area contributed by atoms with Crippen molar-refractivity contribution in [3.8, 4) is 0 Å². The molecular formula is C32H40ClN3O4S. The number of aryl methyl sites for hydroxylation is 1. The van der Waals surface area contributed by atoms with Crippen LogP contribution in [0.5, 0.6) is 0 Å². The molecule has 1 N–H and O–H groups in total. The molecule has 2 amide bonds. The molecule has 0 saturated heterocycles. The number of para-hydroxylation sites is 1. The first-order chi connectivity index (χ1) is 19.5. The van der Waals surface area contributed by atoms with Crippen molar-refractivity contribution >= 4 is 39.1 Å². The normalized spacial score (nSPS) is 12.8. The van der Waals surface area contributed by atoms with E-state index in [2.05, 4.69) is 5.32 Å². The van der Waals surface area contributed by atoms with Crippen LogP contribution in [-0.4, -0.2) is 50.0 Å². The van der Waals surface area contributed by atoms with Gasteiger partial charge in [0.2, 0.25) is 21.8 Å². The minimum Gasteiger partial charge on any atom is -0.352 e. The number of carbonyl (C=O) groups excluding carboxylic acids is 2. The van der Waals surface area contributed by atoms with E-state index in [4.69, 9.17) is 11.6 Å². The molecule has 0 unspecified atom stereocenters. The molecule has 0 aliphatic heterocycles. The topological polar surface area (TPSA) is 86.8 Å². The monoisotopic (exact) mass is 597 g/mol. The van der Waals surface area contributed by atoms with Gasteiger partial charge in [0.05, 0.1) is 11.9 Å². The van der Waals surface area contributed by atoms with Crippen molar-refractivity contribution < 1.29 is 18.0 Å². The van der Waals surface area contributed by atoms with Crippen molar-refractivity contribution in [3.63, 3.8) is 0 Å². The quantitative estimate of drug-likeness (QED) is 0.256. The summed E-state index contributed by atoms with van der Waals surface area (Å²) < 4.78 is 26.7. The van der Waals surface area contributed by atoms with Gasteiger partial charge in [-0.15, -0.1) is 0 Å². The molecule has 0 aliphatic rings. The van der Waals surface area contributed by atoms with Gasteiger partial charge in [-0.3, -0.25) is 13.9 Å². The largest absolute Gasteiger partial charge is 0.352 e. The second-order valence-electron chi connectivity index (χ2n) is 10.4. The Morgan fingerprint density at radius 2 is 1.61 bits per heavy atom. The van der Waals surface area contributed by atoms with E-state index in [1.807, 2.05) is 75.4 Å². The fraction of sp³-hybridized carbons (Fsp3) is 0.375. The lowest BCUT2D eigenvalue weighted by molar-refractivity contribution is -0.141. The maximum Gasteiger partial charge on any atom is 0.243 e. The lowest BCUT2D eigenvalue weighted by Gasteiger charge is -2.33. The Morgan fingerprint density at radius 3 is 2.24 bits per heavy atom. The summed E-state index contributed by atoms with van der Waals surface area (Å²) in [7, 11) is -3.57. The first kappa shape index (κ1) is 32.2. The number of sulfonamides is 1. The predicted molar refractivity (Wildman–Crippen MR) is 166 cm³/mol. The number of nitrogens with zero attached hydrogens (tertiary/aromatic N) is 2. The molecule has 0 fully saturated rings. The second-order valence-corrected chi connectivity index (χ2v) is 12.7. The number of hydrogen-bond donors (Lipinski definition) is 1. The van der Waals surface area contributed by atoms with E-state index in [-0.39, 0.29) is 43.8 Å². The molecule has 0 aromatic heterocycles. The van der Waals surface area contributed by atoms with Gasteiger partial charge in [-0.2, -0.15) is 0 Å².